The summed E-state index contributed by atoms with van der Waals surface area (Å²) < 4.78 is 10.8. The Balaban J connectivity index is 1.73. The Kier molecular flexibility index (Phi) is 4.34. The first kappa shape index (κ1) is 15.9. The Hall–Kier alpha value is -3.61. The van der Waals surface area contributed by atoms with Gasteiger partial charge in [-0.05, 0) is 36.8 Å². The molecule has 2 heterocycles. The molecule has 0 bridgehead atoms. The number of ether oxygens (including phenoxy) is 2. The van der Waals surface area contributed by atoms with Crippen LogP contribution in [0.15, 0.2) is 83.2 Å². The molecule has 0 unspecified atom stereocenters. The number of anilines is 2. The van der Waals surface area contributed by atoms with Crippen LogP contribution < -0.4 is 4.90 Å². The number of rotatable bonds is 5. The van der Waals surface area contributed by atoms with Crippen LogP contribution in [0.1, 0.15) is 5.56 Å². The highest BCUT2D eigenvalue weighted by molar-refractivity contribution is 5.73. The molecule has 0 saturated carbocycles. The van der Waals surface area contributed by atoms with Gasteiger partial charge in [0.2, 0.25) is 12.7 Å². The molecular formula is C19H17N5O2. The first-order chi connectivity index (χ1) is 12.8. The van der Waals surface area contributed by atoms with E-state index in [4.69, 9.17) is 9.47 Å². The average molecular weight is 347 g/mol. The molecule has 0 radical (unpaired) electrons. The van der Waals surface area contributed by atoms with E-state index >= 15 is 0 Å². The molecule has 0 saturated heterocycles. The third kappa shape index (κ3) is 3.27. The zero-order chi connectivity index (χ0) is 17.8. The molecule has 1 N–H and O–H groups in total. The minimum absolute atomic E-state index is 0.173. The second-order valence-electron chi connectivity index (χ2n) is 5.70. The second-order valence-corrected chi connectivity index (χ2v) is 5.70. The maximum atomic E-state index is 5.60. The molecule has 2 aromatic carbocycles. The van der Waals surface area contributed by atoms with Crippen molar-refractivity contribution in [1.82, 2.24) is 10.2 Å². The number of azo groups is 1. The molecule has 0 amide bonds. The molecular weight excluding hydrogens is 330 g/mol. The first-order valence-corrected chi connectivity index (χ1v) is 8.13. The lowest BCUT2D eigenvalue weighted by molar-refractivity contribution is 0.0797. The minimum atomic E-state index is 0.173. The van der Waals surface area contributed by atoms with Gasteiger partial charge >= 0.3 is 0 Å². The van der Waals surface area contributed by atoms with Crippen molar-refractivity contribution in [2.75, 3.05) is 11.7 Å². The predicted octanol–water partition coefficient (Wildman–Crippen LogP) is 5.07. The summed E-state index contributed by atoms with van der Waals surface area (Å²) in [6, 6.07) is 17.6. The van der Waals surface area contributed by atoms with Gasteiger partial charge in [-0.25, -0.2) is 0 Å². The Labute approximate surface area is 150 Å². The fourth-order valence-electron chi connectivity index (χ4n) is 2.60. The van der Waals surface area contributed by atoms with Crippen LogP contribution in [0.25, 0.3) is 0 Å². The summed E-state index contributed by atoms with van der Waals surface area (Å²) in [6.45, 7) is 2.21. The van der Waals surface area contributed by atoms with E-state index in [1.165, 1.54) is 0 Å². The number of aromatic amines is 1. The number of nitrogens with zero attached hydrogens (tertiary/aromatic N) is 4. The van der Waals surface area contributed by atoms with E-state index in [-0.39, 0.29) is 6.79 Å². The number of aromatic nitrogens is 2. The lowest BCUT2D eigenvalue weighted by Gasteiger charge is -2.22. The van der Waals surface area contributed by atoms with E-state index in [0.29, 0.717) is 17.4 Å². The van der Waals surface area contributed by atoms with Gasteiger partial charge in [-0.15, -0.1) is 5.11 Å². The van der Waals surface area contributed by atoms with Crippen molar-refractivity contribution in [2.45, 2.75) is 6.92 Å². The summed E-state index contributed by atoms with van der Waals surface area (Å²) in [4.78, 5) is 1.87. The quantitative estimate of drug-likeness (QED) is 0.653. The SMILES string of the molecule is Cc1cccc(N(C2=COCO2)c2[nH]ncc2N=Nc2ccccc2)c1. The molecule has 26 heavy (non-hydrogen) atoms. The zero-order valence-corrected chi connectivity index (χ0v) is 14.2. The lowest BCUT2D eigenvalue weighted by Crippen LogP contribution is -2.17. The zero-order valence-electron chi connectivity index (χ0n) is 14.2. The van der Waals surface area contributed by atoms with Gasteiger partial charge < -0.3 is 9.47 Å². The summed E-state index contributed by atoms with van der Waals surface area (Å²) in [5.74, 6) is 1.20. The van der Waals surface area contributed by atoms with Gasteiger partial charge in [0.1, 0.15) is 11.9 Å². The molecule has 0 aliphatic carbocycles. The average Bonchev–Trinajstić information content (AvgIpc) is 3.34. The summed E-state index contributed by atoms with van der Waals surface area (Å²) >= 11 is 0. The normalized spacial score (nSPS) is 13.3. The highest BCUT2D eigenvalue weighted by Crippen LogP contribution is 2.37. The van der Waals surface area contributed by atoms with Crippen molar-refractivity contribution < 1.29 is 9.47 Å². The number of hydrogen-bond acceptors (Lipinski definition) is 6. The van der Waals surface area contributed by atoms with Gasteiger partial charge in [0.05, 0.1) is 17.6 Å². The number of H-pyrrole nitrogens is 1. The van der Waals surface area contributed by atoms with E-state index in [9.17, 15) is 0 Å². The Morgan fingerprint density at radius 2 is 1.96 bits per heavy atom. The van der Waals surface area contributed by atoms with Crippen molar-refractivity contribution in [2.24, 2.45) is 10.2 Å². The molecule has 7 nitrogen and oxygen atoms in total. The highest BCUT2D eigenvalue weighted by atomic mass is 16.7. The summed E-state index contributed by atoms with van der Waals surface area (Å²) in [5, 5.41) is 15.7. The van der Waals surface area contributed by atoms with Crippen LogP contribution in [0, 0.1) is 6.92 Å². The van der Waals surface area contributed by atoms with Crippen LogP contribution in [0.2, 0.25) is 0 Å². The molecule has 0 atom stereocenters. The van der Waals surface area contributed by atoms with Gasteiger partial charge in [-0.3, -0.25) is 10.00 Å². The summed E-state index contributed by atoms with van der Waals surface area (Å²) in [7, 11) is 0. The van der Waals surface area contributed by atoms with Crippen molar-refractivity contribution >= 4 is 22.9 Å². The number of hydrogen-bond donors (Lipinski definition) is 1. The highest BCUT2D eigenvalue weighted by Gasteiger charge is 2.24. The van der Waals surface area contributed by atoms with Crippen LogP contribution in [0.4, 0.5) is 22.9 Å². The smallest absolute Gasteiger partial charge is 0.238 e. The fraction of sp³-hybridized carbons (Fsp3) is 0.105. The standard InChI is InChI=1S/C19H17N5O2/c1-14-6-5-9-16(10-14)24(18-12-25-13-26-18)19-17(11-20-23-19)22-21-15-7-3-2-4-8-15/h2-12H,13H2,1H3,(H,20,23). The van der Waals surface area contributed by atoms with E-state index in [2.05, 4.69) is 20.4 Å². The van der Waals surface area contributed by atoms with E-state index in [1.807, 2.05) is 66.4 Å². The number of benzene rings is 2. The van der Waals surface area contributed by atoms with Gasteiger partial charge in [-0.1, -0.05) is 30.3 Å². The maximum Gasteiger partial charge on any atom is 0.238 e. The van der Waals surface area contributed by atoms with Crippen LogP contribution in [0.3, 0.4) is 0 Å². The van der Waals surface area contributed by atoms with Crippen molar-refractivity contribution in [3.63, 3.8) is 0 Å². The topological polar surface area (TPSA) is 75.1 Å². The number of nitrogens with one attached hydrogen (secondary N) is 1. The maximum absolute atomic E-state index is 5.60. The molecule has 0 fully saturated rings. The molecule has 4 rings (SSSR count). The van der Waals surface area contributed by atoms with Gasteiger partial charge in [0.15, 0.2) is 5.82 Å². The first-order valence-electron chi connectivity index (χ1n) is 8.13. The van der Waals surface area contributed by atoms with Gasteiger partial charge in [0, 0.05) is 0 Å². The Morgan fingerprint density at radius 1 is 1.08 bits per heavy atom. The Bertz CT molecular complexity index is 949. The van der Waals surface area contributed by atoms with Crippen LogP contribution >= 0.6 is 0 Å². The summed E-state index contributed by atoms with van der Waals surface area (Å²) in [6.07, 6.45) is 3.20. The number of aryl methyl sites for hydroxylation is 1. The molecule has 7 heteroatoms. The Morgan fingerprint density at radius 3 is 2.73 bits per heavy atom. The predicted molar refractivity (Wildman–Crippen MR) is 97.6 cm³/mol. The second kappa shape index (κ2) is 7.10. The van der Waals surface area contributed by atoms with Crippen LogP contribution in [0.5, 0.6) is 0 Å². The molecule has 1 aliphatic rings. The van der Waals surface area contributed by atoms with Crippen LogP contribution in [-0.4, -0.2) is 17.0 Å². The third-order valence-electron chi connectivity index (χ3n) is 3.79. The van der Waals surface area contributed by atoms with Crippen LogP contribution in [-0.2, 0) is 9.47 Å². The summed E-state index contributed by atoms with van der Waals surface area (Å²) in [5.41, 5.74) is 3.38. The minimum Gasteiger partial charge on any atom is -0.459 e. The molecule has 130 valence electrons. The lowest BCUT2D eigenvalue weighted by atomic mass is 10.2. The largest absolute Gasteiger partial charge is 0.459 e. The van der Waals surface area contributed by atoms with Gasteiger partial charge in [0.25, 0.3) is 0 Å². The van der Waals surface area contributed by atoms with Crippen molar-refractivity contribution in [3.8, 4) is 0 Å². The van der Waals surface area contributed by atoms with Gasteiger partial charge in [-0.2, -0.15) is 10.2 Å². The van der Waals surface area contributed by atoms with E-state index in [1.54, 1.807) is 12.5 Å². The molecule has 1 aromatic heterocycles. The van der Waals surface area contributed by atoms with E-state index < -0.39 is 0 Å². The fourth-order valence-corrected chi connectivity index (χ4v) is 2.60. The monoisotopic (exact) mass is 347 g/mol. The molecule has 1 aliphatic heterocycles. The van der Waals surface area contributed by atoms with Crippen molar-refractivity contribution in [3.05, 3.63) is 78.5 Å². The molecule has 0 spiro atoms. The van der Waals surface area contributed by atoms with Crippen molar-refractivity contribution in [1.29, 1.82) is 0 Å². The third-order valence-corrected chi connectivity index (χ3v) is 3.79. The molecule has 3 aromatic rings. The van der Waals surface area contributed by atoms with E-state index in [0.717, 1.165) is 16.9 Å².